The third kappa shape index (κ3) is 3.70. The van der Waals surface area contributed by atoms with Crippen LogP contribution in [0.2, 0.25) is 0 Å². The molecule has 0 aromatic heterocycles. The van der Waals surface area contributed by atoms with Crippen LogP contribution in [0.5, 0.6) is 0 Å². The van der Waals surface area contributed by atoms with Crippen molar-refractivity contribution in [3.05, 3.63) is 35.9 Å². The molecule has 0 radical (unpaired) electrons. The second-order valence-electron chi connectivity index (χ2n) is 7.23. The van der Waals surface area contributed by atoms with Crippen LogP contribution in [0.4, 0.5) is 0 Å². The van der Waals surface area contributed by atoms with E-state index in [1.165, 1.54) is 24.8 Å². The molecule has 1 aliphatic heterocycles. The highest BCUT2D eigenvalue weighted by Crippen LogP contribution is 2.40. The lowest BCUT2D eigenvalue weighted by Gasteiger charge is -2.43. The zero-order valence-corrected chi connectivity index (χ0v) is 13.9. The molecule has 3 rings (SSSR count). The molecule has 3 nitrogen and oxygen atoms in total. The van der Waals surface area contributed by atoms with Gasteiger partial charge in [0.15, 0.2) is 0 Å². The lowest BCUT2D eigenvalue weighted by Crippen LogP contribution is -2.50. The summed E-state index contributed by atoms with van der Waals surface area (Å²) in [6.07, 6.45) is 5.53. The number of rotatable bonds is 4. The van der Waals surface area contributed by atoms with E-state index in [0.717, 1.165) is 45.6 Å². The molecule has 1 N–H and O–H groups in total. The third-order valence-corrected chi connectivity index (χ3v) is 5.61. The summed E-state index contributed by atoms with van der Waals surface area (Å²) in [6.45, 7) is 5.51. The molecule has 2 aliphatic rings. The molecule has 1 saturated heterocycles. The number of piperazine rings is 1. The summed E-state index contributed by atoms with van der Waals surface area (Å²) in [4.78, 5) is 4.94. The van der Waals surface area contributed by atoms with E-state index in [0.29, 0.717) is 0 Å². The van der Waals surface area contributed by atoms with Crippen LogP contribution < -0.4 is 0 Å². The molecule has 1 aliphatic carbocycles. The van der Waals surface area contributed by atoms with Gasteiger partial charge in [-0.25, -0.2) is 0 Å². The summed E-state index contributed by atoms with van der Waals surface area (Å²) in [7, 11) is 2.20. The monoisotopic (exact) mass is 302 g/mol. The maximum Gasteiger partial charge on any atom is 0.0728 e. The van der Waals surface area contributed by atoms with Gasteiger partial charge in [0.25, 0.3) is 0 Å². The van der Waals surface area contributed by atoms with Crippen LogP contribution in [-0.4, -0.2) is 60.3 Å². The molecule has 1 aromatic carbocycles. The van der Waals surface area contributed by atoms with Crippen LogP contribution in [-0.2, 0) is 0 Å². The molecule has 22 heavy (non-hydrogen) atoms. The van der Waals surface area contributed by atoms with Crippen LogP contribution in [0, 0.1) is 0 Å². The van der Waals surface area contributed by atoms with Crippen molar-refractivity contribution < 1.29 is 5.11 Å². The predicted molar refractivity (Wildman–Crippen MR) is 91.2 cm³/mol. The van der Waals surface area contributed by atoms with Gasteiger partial charge in [0, 0.05) is 38.6 Å². The zero-order valence-electron chi connectivity index (χ0n) is 13.9. The number of likely N-dealkylation sites (N-methyl/N-ethyl adjacent to an activating group) is 1. The first-order valence-corrected chi connectivity index (χ1v) is 8.86. The zero-order chi connectivity index (χ0) is 15.4. The van der Waals surface area contributed by atoms with Crippen LogP contribution in [0.25, 0.3) is 0 Å². The van der Waals surface area contributed by atoms with Crippen LogP contribution in [0.1, 0.15) is 43.6 Å². The van der Waals surface area contributed by atoms with Gasteiger partial charge >= 0.3 is 0 Å². The Balaban J connectivity index is 1.77. The summed E-state index contributed by atoms with van der Waals surface area (Å²) >= 11 is 0. The normalized spacial score (nSPS) is 25.0. The molecule has 0 amide bonds. The van der Waals surface area contributed by atoms with E-state index < -0.39 is 5.60 Å². The lowest BCUT2D eigenvalue weighted by atomic mass is 9.72. The highest BCUT2D eigenvalue weighted by molar-refractivity contribution is 5.24. The van der Waals surface area contributed by atoms with Crippen molar-refractivity contribution in [2.75, 3.05) is 39.8 Å². The molecule has 0 spiro atoms. The minimum absolute atomic E-state index is 0.248. The standard InChI is InChI=1S/C19H30N2O/c1-20-12-14-21(15-13-20)16-18(17-8-4-2-5-9-17)19(22)10-6-3-7-11-19/h2,4-5,8-9,18,22H,3,6-7,10-16H2,1H3. The Morgan fingerprint density at radius 3 is 2.27 bits per heavy atom. The van der Waals surface area contributed by atoms with Crippen LogP contribution in [0.3, 0.4) is 0 Å². The molecule has 1 aromatic rings. The highest BCUT2D eigenvalue weighted by Gasteiger charge is 2.39. The van der Waals surface area contributed by atoms with Gasteiger partial charge < -0.3 is 14.9 Å². The van der Waals surface area contributed by atoms with E-state index in [9.17, 15) is 5.11 Å². The second kappa shape index (κ2) is 7.12. The summed E-state index contributed by atoms with van der Waals surface area (Å²) in [6, 6.07) is 10.7. The fourth-order valence-corrected chi connectivity index (χ4v) is 4.07. The molecule has 3 heteroatoms. The van der Waals surface area contributed by atoms with Crippen molar-refractivity contribution in [1.82, 2.24) is 9.80 Å². The van der Waals surface area contributed by atoms with Crippen LogP contribution in [0.15, 0.2) is 30.3 Å². The van der Waals surface area contributed by atoms with Gasteiger partial charge in [-0.3, -0.25) is 0 Å². The molecular formula is C19H30N2O. The number of benzene rings is 1. The molecular weight excluding hydrogens is 272 g/mol. The topological polar surface area (TPSA) is 26.7 Å². The van der Waals surface area contributed by atoms with E-state index in [1.54, 1.807) is 0 Å². The smallest absolute Gasteiger partial charge is 0.0728 e. The predicted octanol–water partition coefficient (Wildman–Crippen LogP) is 2.71. The number of aliphatic hydroxyl groups is 1. The summed E-state index contributed by atoms with van der Waals surface area (Å²) in [5.41, 5.74) is 0.800. The summed E-state index contributed by atoms with van der Waals surface area (Å²) in [5, 5.41) is 11.3. The van der Waals surface area contributed by atoms with E-state index in [4.69, 9.17) is 0 Å². The first-order chi connectivity index (χ1) is 10.7. The first kappa shape index (κ1) is 16.0. The van der Waals surface area contributed by atoms with Crippen molar-refractivity contribution in [2.24, 2.45) is 0 Å². The number of nitrogens with zero attached hydrogens (tertiary/aromatic N) is 2. The van der Waals surface area contributed by atoms with Gasteiger partial charge in [-0.15, -0.1) is 0 Å². The van der Waals surface area contributed by atoms with Crippen molar-refractivity contribution in [3.8, 4) is 0 Å². The van der Waals surface area contributed by atoms with Crippen LogP contribution >= 0.6 is 0 Å². The Morgan fingerprint density at radius 2 is 1.64 bits per heavy atom. The third-order valence-electron chi connectivity index (χ3n) is 5.61. The van der Waals surface area contributed by atoms with Gasteiger partial charge in [0.1, 0.15) is 0 Å². The van der Waals surface area contributed by atoms with E-state index >= 15 is 0 Å². The Labute approximate surface area is 134 Å². The summed E-state index contributed by atoms with van der Waals surface area (Å²) < 4.78 is 0. The number of hydrogen-bond acceptors (Lipinski definition) is 3. The van der Waals surface area contributed by atoms with E-state index in [2.05, 4.69) is 47.2 Å². The maximum absolute atomic E-state index is 11.3. The van der Waals surface area contributed by atoms with Gasteiger partial charge in [0.05, 0.1) is 5.60 Å². The molecule has 1 heterocycles. The van der Waals surface area contributed by atoms with Crippen molar-refractivity contribution in [1.29, 1.82) is 0 Å². The molecule has 1 unspecified atom stereocenters. The SMILES string of the molecule is CN1CCN(CC(c2ccccc2)C2(O)CCCCC2)CC1. The Hall–Kier alpha value is -0.900. The molecule has 1 atom stereocenters. The van der Waals surface area contributed by atoms with Gasteiger partial charge in [-0.1, -0.05) is 49.6 Å². The molecule has 1 saturated carbocycles. The molecule has 122 valence electrons. The highest BCUT2D eigenvalue weighted by atomic mass is 16.3. The Kier molecular flexibility index (Phi) is 5.17. The number of hydrogen-bond donors (Lipinski definition) is 1. The first-order valence-electron chi connectivity index (χ1n) is 8.86. The molecule has 2 fully saturated rings. The Morgan fingerprint density at radius 1 is 1.00 bits per heavy atom. The minimum atomic E-state index is -0.511. The maximum atomic E-state index is 11.3. The van der Waals surface area contributed by atoms with Gasteiger partial charge in [-0.05, 0) is 25.5 Å². The van der Waals surface area contributed by atoms with E-state index in [-0.39, 0.29) is 5.92 Å². The summed E-state index contributed by atoms with van der Waals surface area (Å²) in [5.74, 6) is 0.248. The Bertz CT molecular complexity index is 448. The van der Waals surface area contributed by atoms with Gasteiger partial charge in [0.2, 0.25) is 0 Å². The van der Waals surface area contributed by atoms with Gasteiger partial charge in [-0.2, -0.15) is 0 Å². The molecule has 0 bridgehead atoms. The minimum Gasteiger partial charge on any atom is -0.389 e. The van der Waals surface area contributed by atoms with Crippen molar-refractivity contribution >= 4 is 0 Å². The second-order valence-corrected chi connectivity index (χ2v) is 7.23. The quantitative estimate of drug-likeness (QED) is 0.926. The van der Waals surface area contributed by atoms with E-state index in [1.807, 2.05) is 0 Å². The largest absolute Gasteiger partial charge is 0.389 e. The lowest BCUT2D eigenvalue weighted by molar-refractivity contribution is -0.0337. The van der Waals surface area contributed by atoms with Crippen molar-refractivity contribution in [3.63, 3.8) is 0 Å². The van der Waals surface area contributed by atoms with Crippen molar-refractivity contribution in [2.45, 2.75) is 43.6 Å². The fraction of sp³-hybridized carbons (Fsp3) is 0.684. The fourth-order valence-electron chi connectivity index (χ4n) is 4.07. The average molecular weight is 302 g/mol. The average Bonchev–Trinajstić information content (AvgIpc) is 2.55.